The summed E-state index contributed by atoms with van der Waals surface area (Å²) in [5.74, 6) is -1.65. The molecule has 0 saturated carbocycles. The smallest absolute Gasteiger partial charge is 0.407 e. The number of aliphatic hydroxyl groups excluding tert-OH is 2. The van der Waals surface area contributed by atoms with Crippen LogP contribution >= 0.6 is 0 Å². The lowest BCUT2D eigenvalue weighted by Crippen LogP contribution is -2.53. The molecule has 0 radical (unpaired) electrons. The lowest BCUT2D eigenvalue weighted by atomic mass is 9.98. The number of nitrogens with one attached hydrogen (secondary N) is 3. The first-order valence-corrected chi connectivity index (χ1v) is 13.1. The van der Waals surface area contributed by atoms with E-state index in [0.717, 1.165) is 22.3 Å². The summed E-state index contributed by atoms with van der Waals surface area (Å²) in [5, 5.41) is 25.7. The first-order chi connectivity index (χ1) is 19.3. The Kier molecular flexibility index (Phi) is 12.6. The summed E-state index contributed by atoms with van der Waals surface area (Å²) in [6, 6.07) is 13.7. The van der Waals surface area contributed by atoms with Crippen molar-refractivity contribution in [2.45, 2.75) is 57.9 Å². The molecule has 4 unspecified atom stereocenters. The van der Waals surface area contributed by atoms with Gasteiger partial charge in [0.1, 0.15) is 30.3 Å². The normalized spacial score (nSPS) is 14.5. The zero-order chi connectivity index (χ0) is 30.7. The fourth-order valence-corrected chi connectivity index (χ4v) is 4.04. The Morgan fingerprint density at radius 2 is 1.27 bits per heavy atom. The topological polar surface area (TPSA) is 197 Å². The number of rotatable bonds is 11. The highest BCUT2D eigenvalue weighted by atomic mass is 16.5. The highest BCUT2D eigenvalue weighted by Gasteiger charge is 2.30. The van der Waals surface area contributed by atoms with Crippen LogP contribution in [0, 0.1) is 0 Å². The molecule has 2 aromatic carbocycles. The van der Waals surface area contributed by atoms with E-state index in [-0.39, 0.29) is 37.2 Å². The number of nitrogens with two attached hydrogens (primary N) is 1. The van der Waals surface area contributed by atoms with Gasteiger partial charge in [0, 0.05) is 5.92 Å². The zero-order valence-corrected chi connectivity index (χ0v) is 23.5. The average Bonchev–Trinajstić information content (AvgIpc) is 3.25. The van der Waals surface area contributed by atoms with Gasteiger partial charge in [-0.15, -0.1) is 0 Å². The molecule has 0 heterocycles. The number of aliphatic hydroxyl groups is 2. The van der Waals surface area contributed by atoms with Crippen molar-refractivity contribution in [1.82, 2.24) is 16.0 Å². The van der Waals surface area contributed by atoms with E-state index in [9.17, 15) is 29.1 Å². The van der Waals surface area contributed by atoms with Gasteiger partial charge in [0.05, 0.1) is 25.3 Å². The molecule has 7 N–H and O–H groups in total. The standard InChI is InChI=1S/C22H24N2O5.C7H14N2O3/c1-13(25)11-23-21(27)20(14(2)26)24-22(28)29-12-19-17-9-5-3-7-15(17)16-8-4-6-10-18(16)19;1-4(10)3-9-7(12)6(8)5(2)11/h3-10,14,19-20,26H,11-12H2,1-2H3,(H,23,27)(H,24,28);5-6,11H,3,8H2,1-2H3,(H,9,12). The van der Waals surface area contributed by atoms with Crippen molar-refractivity contribution in [3.05, 3.63) is 59.7 Å². The lowest BCUT2D eigenvalue weighted by molar-refractivity contribution is -0.127. The first kappa shape index (κ1) is 33.1. The molecule has 1 aliphatic rings. The molecule has 0 saturated heterocycles. The fourth-order valence-electron chi connectivity index (χ4n) is 4.04. The van der Waals surface area contributed by atoms with Crippen LogP contribution in [-0.2, 0) is 23.9 Å². The molecular weight excluding hydrogens is 532 g/mol. The quantitative estimate of drug-likeness (QED) is 0.221. The second-order valence-electron chi connectivity index (χ2n) is 9.79. The van der Waals surface area contributed by atoms with E-state index in [1.54, 1.807) is 0 Å². The van der Waals surface area contributed by atoms with Crippen molar-refractivity contribution in [3.8, 4) is 11.1 Å². The van der Waals surface area contributed by atoms with Crippen LogP contribution in [0.1, 0.15) is 44.7 Å². The van der Waals surface area contributed by atoms with E-state index in [1.165, 1.54) is 27.7 Å². The Morgan fingerprint density at radius 1 is 0.805 bits per heavy atom. The summed E-state index contributed by atoms with van der Waals surface area (Å²) in [5.41, 5.74) is 9.65. The largest absolute Gasteiger partial charge is 0.449 e. The molecule has 0 spiro atoms. The first-order valence-electron chi connectivity index (χ1n) is 13.1. The van der Waals surface area contributed by atoms with Crippen LogP contribution in [-0.4, -0.2) is 83.7 Å². The molecule has 0 aliphatic heterocycles. The lowest BCUT2D eigenvalue weighted by Gasteiger charge is -2.21. The van der Waals surface area contributed by atoms with E-state index in [2.05, 4.69) is 16.0 Å². The number of ketones is 2. The Labute approximate surface area is 238 Å². The molecule has 0 fully saturated rings. The summed E-state index contributed by atoms with van der Waals surface area (Å²) in [6.45, 7) is 5.36. The molecule has 2 aromatic rings. The summed E-state index contributed by atoms with van der Waals surface area (Å²) >= 11 is 0. The number of carbonyl (C=O) groups excluding carboxylic acids is 5. The van der Waals surface area contributed by atoms with Gasteiger partial charge in [-0.3, -0.25) is 19.2 Å². The number of fused-ring (bicyclic) bond motifs is 3. The van der Waals surface area contributed by atoms with Gasteiger partial charge in [-0.25, -0.2) is 4.79 Å². The van der Waals surface area contributed by atoms with Gasteiger partial charge in [0.15, 0.2) is 0 Å². The van der Waals surface area contributed by atoms with Crippen molar-refractivity contribution < 1.29 is 38.9 Å². The van der Waals surface area contributed by atoms with Crippen LogP contribution in [0.25, 0.3) is 11.1 Å². The van der Waals surface area contributed by atoms with Crippen molar-refractivity contribution in [2.24, 2.45) is 5.73 Å². The number of benzene rings is 2. The minimum atomic E-state index is -1.22. The van der Waals surface area contributed by atoms with E-state index in [0.29, 0.717) is 0 Å². The molecule has 12 heteroatoms. The van der Waals surface area contributed by atoms with Crippen LogP contribution < -0.4 is 21.7 Å². The maximum absolute atomic E-state index is 12.3. The molecular formula is C29H38N4O8. The maximum Gasteiger partial charge on any atom is 0.407 e. The number of hydrogen-bond donors (Lipinski definition) is 6. The number of alkyl carbamates (subject to hydrolysis) is 1. The number of carbonyl (C=O) groups is 5. The number of hydrogen-bond acceptors (Lipinski definition) is 9. The van der Waals surface area contributed by atoms with Gasteiger partial charge in [0.2, 0.25) is 11.8 Å². The van der Waals surface area contributed by atoms with Crippen molar-refractivity contribution in [3.63, 3.8) is 0 Å². The highest BCUT2D eigenvalue weighted by molar-refractivity contribution is 5.90. The minimum Gasteiger partial charge on any atom is -0.449 e. The Balaban J connectivity index is 0.000000415. The third-order valence-electron chi connectivity index (χ3n) is 6.23. The van der Waals surface area contributed by atoms with E-state index < -0.39 is 42.2 Å². The van der Waals surface area contributed by atoms with E-state index in [4.69, 9.17) is 15.6 Å². The van der Waals surface area contributed by atoms with Gasteiger partial charge < -0.3 is 36.6 Å². The Hall–Kier alpha value is -4.13. The predicted octanol–water partition coefficient (Wildman–Crippen LogP) is 0.379. The fraction of sp³-hybridized carbons (Fsp3) is 0.414. The number of Topliss-reactive ketones (excluding diaryl/α,β-unsaturated/α-hetero) is 2. The van der Waals surface area contributed by atoms with Crippen LogP contribution in [0.5, 0.6) is 0 Å². The van der Waals surface area contributed by atoms with Crippen LogP contribution in [0.15, 0.2) is 48.5 Å². The number of ether oxygens (including phenoxy) is 1. The number of amides is 3. The summed E-state index contributed by atoms with van der Waals surface area (Å²) < 4.78 is 5.39. The van der Waals surface area contributed by atoms with Gasteiger partial charge in [0.25, 0.3) is 0 Å². The summed E-state index contributed by atoms with van der Waals surface area (Å²) in [4.78, 5) is 56.8. The Morgan fingerprint density at radius 3 is 1.71 bits per heavy atom. The molecule has 41 heavy (non-hydrogen) atoms. The minimum absolute atomic E-state index is 0.0424. The van der Waals surface area contributed by atoms with Gasteiger partial charge >= 0.3 is 6.09 Å². The Bertz CT molecular complexity index is 1200. The monoisotopic (exact) mass is 570 g/mol. The molecule has 3 rings (SSSR count). The van der Waals surface area contributed by atoms with Gasteiger partial charge in [-0.2, -0.15) is 0 Å². The van der Waals surface area contributed by atoms with Gasteiger partial charge in [-0.1, -0.05) is 48.5 Å². The SMILES string of the molecule is CC(=O)CNC(=O)C(N)C(C)O.CC(=O)CNC(=O)C(NC(=O)OCC1c2ccccc2-c2ccccc21)C(C)O. The third kappa shape index (κ3) is 9.78. The maximum atomic E-state index is 12.3. The second kappa shape index (κ2) is 15.6. The van der Waals surface area contributed by atoms with E-state index >= 15 is 0 Å². The van der Waals surface area contributed by atoms with Gasteiger partial charge in [-0.05, 0) is 49.9 Å². The van der Waals surface area contributed by atoms with E-state index in [1.807, 2.05) is 48.5 Å². The van der Waals surface area contributed by atoms with Crippen LogP contribution in [0.2, 0.25) is 0 Å². The average molecular weight is 571 g/mol. The van der Waals surface area contributed by atoms with Crippen molar-refractivity contribution in [2.75, 3.05) is 19.7 Å². The molecule has 3 amide bonds. The third-order valence-corrected chi connectivity index (χ3v) is 6.23. The molecule has 0 bridgehead atoms. The van der Waals surface area contributed by atoms with Crippen molar-refractivity contribution >= 4 is 29.5 Å². The molecule has 12 nitrogen and oxygen atoms in total. The predicted molar refractivity (Wildman–Crippen MR) is 151 cm³/mol. The summed E-state index contributed by atoms with van der Waals surface area (Å²) in [7, 11) is 0. The molecule has 222 valence electrons. The second-order valence-corrected chi connectivity index (χ2v) is 9.79. The zero-order valence-electron chi connectivity index (χ0n) is 23.5. The van der Waals surface area contributed by atoms with Crippen LogP contribution in [0.4, 0.5) is 4.79 Å². The van der Waals surface area contributed by atoms with Crippen LogP contribution in [0.3, 0.4) is 0 Å². The molecule has 1 aliphatic carbocycles. The van der Waals surface area contributed by atoms with Crippen molar-refractivity contribution in [1.29, 1.82) is 0 Å². The summed E-state index contributed by atoms with van der Waals surface area (Å²) in [6.07, 6.45) is -2.87. The molecule has 4 atom stereocenters. The molecule has 0 aromatic heterocycles. The highest BCUT2D eigenvalue weighted by Crippen LogP contribution is 2.44.